The second kappa shape index (κ2) is 12.6. The fourth-order valence-corrected chi connectivity index (χ4v) is 4.20. The van der Waals surface area contributed by atoms with Gasteiger partial charge in [-0.15, -0.1) is 17.0 Å². The van der Waals surface area contributed by atoms with Gasteiger partial charge in [0.15, 0.2) is 0 Å². The number of hydrogen-bond acceptors (Lipinski definition) is 3. The van der Waals surface area contributed by atoms with Crippen LogP contribution in [0.3, 0.4) is 0 Å². The second-order valence-corrected chi connectivity index (χ2v) is 7.94. The molecule has 0 fully saturated rings. The maximum Gasteiger partial charge on any atom is 0.372 e. The number of carbonyl (C=O) groups excluding carboxylic acids is 1. The Balaban J connectivity index is 0.00000300. The number of aromatic nitrogens is 1. The molecule has 0 aliphatic rings. The van der Waals surface area contributed by atoms with Crippen molar-refractivity contribution < 1.29 is 14.1 Å². The van der Waals surface area contributed by atoms with Crippen LogP contribution < -0.4 is 4.57 Å². The lowest BCUT2D eigenvalue weighted by atomic mass is 10.2. The minimum absolute atomic E-state index is 0. The minimum Gasteiger partial charge on any atom is -0.461 e. The molecule has 154 valence electrons. The summed E-state index contributed by atoms with van der Waals surface area (Å²) in [6.45, 7) is 2.96. The van der Waals surface area contributed by atoms with Gasteiger partial charge in [0.25, 0.3) is 5.01 Å². The lowest BCUT2D eigenvalue weighted by Crippen LogP contribution is -2.40. The molecule has 0 unspecified atom stereocenters. The molecule has 0 radical (unpaired) electrons. The van der Waals surface area contributed by atoms with Gasteiger partial charge in [-0.25, -0.2) is 4.79 Å². The van der Waals surface area contributed by atoms with E-state index < -0.39 is 0 Å². The van der Waals surface area contributed by atoms with Crippen LogP contribution in [0.5, 0.6) is 0 Å². The lowest BCUT2D eigenvalue weighted by Gasteiger charge is -2.03. The number of thiazole rings is 1. The van der Waals surface area contributed by atoms with E-state index in [1.54, 1.807) is 11.3 Å². The Labute approximate surface area is 187 Å². The van der Waals surface area contributed by atoms with Crippen LogP contribution in [0.2, 0.25) is 0 Å². The van der Waals surface area contributed by atoms with E-state index >= 15 is 0 Å². The summed E-state index contributed by atoms with van der Waals surface area (Å²) in [7, 11) is 0. The smallest absolute Gasteiger partial charge is 0.372 e. The molecule has 0 N–H and O–H groups in total. The standard InChI is InChI=1S/C24H28NO2S.BrH/c1-2-3-4-5-11-18-27-24(26)19-25-21-14-9-10-15-22(21)28-23(25)17-16-20-12-7-6-8-13-20;/h6-10,12-17H,2-5,11,18-19H2,1H3;1H/q+1;/b17-16+;. The fourth-order valence-electron chi connectivity index (χ4n) is 3.14. The van der Waals surface area contributed by atoms with E-state index in [9.17, 15) is 4.79 Å². The molecule has 2 aromatic carbocycles. The van der Waals surface area contributed by atoms with Crippen LogP contribution in [-0.2, 0) is 16.1 Å². The zero-order valence-corrected chi connectivity index (χ0v) is 19.4. The van der Waals surface area contributed by atoms with Crippen LogP contribution in [0.1, 0.15) is 49.6 Å². The van der Waals surface area contributed by atoms with E-state index in [4.69, 9.17) is 4.74 Å². The first-order valence-corrected chi connectivity index (χ1v) is 10.9. The average molecular weight is 475 g/mol. The fraction of sp³-hybridized carbons (Fsp3) is 0.333. The summed E-state index contributed by atoms with van der Waals surface area (Å²) >= 11 is 1.69. The second-order valence-electron chi connectivity index (χ2n) is 6.87. The summed E-state index contributed by atoms with van der Waals surface area (Å²) in [5.41, 5.74) is 2.21. The predicted octanol–water partition coefficient (Wildman–Crippen LogP) is 6.45. The van der Waals surface area contributed by atoms with Gasteiger partial charge in [-0.3, -0.25) is 0 Å². The molecule has 1 aromatic heterocycles. The highest BCUT2D eigenvalue weighted by atomic mass is 79.9. The summed E-state index contributed by atoms with van der Waals surface area (Å²) in [5.74, 6) is -0.168. The third-order valence-electron chi connectivity index (χ3n) is 4.65. The number of unbranched alkanes of at least 4 members (excludes halogenated alkanes) is 4. The molecule has 5 heteroatoms. The number of esters is 1. The Morgan fingerprint density at radius 3 is 2.48 bits per heavy atom. The third kappa shape index (κ3) is 7.09. The van der Waals surface area contributed by atoms with Gasteiger partial charge in [0.2, 0.25) is 12.1 Å². The zero-order chi connectivity index (χ0) is 19.6. The number of hydrogen-bond donors (Lipinski definition) is 0. The Bertz CT molecular complexity index is 921. The SMILES string of the molecule is Br.CCCCCCCOC(=O)C[n+]1c(/C=C/c2ccccc2)sc2ccccc21. The Hall–Kier alpha value is -1.98. The van der Waals surface area contributed by atoms with Crippen molar-refractivity contribution in [3.8, 4) is 0 Å². The van der Waals surface area contributed by atoms with Gasteiger partial charge in [-0.05, 0) is 24.1 Å². The highest BCUT2D eigenvalue weighted by Crippen LogP contribution is 2.22. The monoisotopic (exact) mass is 474 g/mol. The van der Waals surface area contributed by atoms with Gasteiger partial charge >= 0.3 is 5.97 Å². The van der Waals surface area contributed by atoms with E-state index in [1.807, 2.05) is 30.3 Å². The van der Waals surface area contributed by atoms with Crippen LogP contribution in [0.25, 0.3) is 22.4 Å². The number of halogens is 1. The van der Waals surface area contributed by atoms with E-state index in [2.05, 4.69) is 47.9 Å². The highest BCUT2D eigenvalue weighted by Gasteiger charge is 2.22. The van der Waals surface area contributed by atoms with E-state index in [-0.39, 0.29) is 29.5 Å². The topological polar surface area (TPSA) is 30.2 Å². The summed E-state index contributed by atoms with van der Waals surface area (Å²) in [4.78, 5) is 12.4. The minimum atomic E-state index is -0.168. The molecule has 29 heavy (non-hydrogen) atoms. The van der Waals surface area contributed by atoms with Crippen LogP contribution >= 0.6 is 28.3 Å². The van der Waals surface area contributed by atoms with E-state index in [0.29, 0.717) is 6.61 Å². The van der Waals surface area contributed by atoms with Crippen molar-refractivity contribution in [2.24, 2.45) is 0 Å². The van der Waals surface area contributed by atoms with Crippen molar-refractivity contribution in [1.82, 2.24) is 0 Å². The zero-order valence-electron chi connectivity index (χ0n) is 16.9. The van der Waals surface area contributed by atoms with Gasteiger partial charge in [0, 0.05) is 12.1 Å². The molecule has 0 saturated heterocycles. The van der Waals surface area contributed by atoms with Gasteiger partial charge in [-0.2, -0.15) is 4.57 Å². The number of ether oxygens (including phenoxy) is 1. The molecule has 3 nitrogen and oxygen atoms in total. The van der Waals surface area contributed by atoms with Gasteiger partial charge < -0.3 is 4.74 Å². The van der Waals surface area contributed by atoms with E-state index in [1.165, 1.54) is 24.0 Å². The predicted molar refractivity (Wildman–Crippen MR) is 127 cm³/mol. The third-order valence-corrected chi connectivity index (χ3v) is 5.78. The maximum absolute atomic E-state index is 12.4. The molecule has 0 bridgehead atoms. The molecule has 0 aliphatic heterocycles. The molecule has 0 atom stereocenters. The van der Waals surface area contributed by atoms with Crippen LogP contribution in [0.4, 0.5) is 0 Å². The normalized spacial score (nSPS) is 10.9. The van der Waals surface area contributed by atoms with Crippen molar-refractivity contribution in [1.29, 1.82) is 0 Å². The number of carbonyl (C=O) groups is 1. The number of benzene rings is 2. The van der Waals surface area contributed by atoms with Crippen molar-refractivity contribution in [2.45, 2.75) is 45.6 Å². The van der Waals surface area contributed by atoms with Crippen LogP contribution in [-0.4, -0.2) is 12.6 Å². The van der Waals surface area contributed by atoms with Gasteiger partial charge in [0.1, 0.15) is 4.70 Å². The largest absolute Gasteiger partial charge is 0.461 e. The quantitative estimate of drug-likeness (QED) is 0.192. The number of nitrogens with zero attached hydrogens (tertiary/aromatic N) is 1. The molecule has 0 amide bonds. The van der Waals surface area contributed by atoms with Gasteiger partial charge in [-0.1, -0.05) is 86.4 Å². The molecule has 3 aromatic rings. The Kier molecular flexibility index (Phi) is 10.1. The average Bonchev–Trinajstić information content (AvgIpc) is 3.07. The summed E-state index contributed by atoms with van der Waals surface area (Å²) in [6, 6.07) is 18.4. The maximum atomic E-state index is 12.4. The Morgan fingerprint density at radius 2 is 1.69 bits per heavy atom. The number of rotatable bonds is 10. The van der Waals surface area contributed by atoms with Crippen molar-refractivity contribution in [2.75, 3.05) is 6.61 Å². The Morgan fingerprint density at radius 1 is 0.966 bits per heavy atom. The van der Waals surface area contributed by atoms with Crippen LogP contribution in [0.15, 0.2) is 54.6 Å². The molecule has 1 heterocycles. The van der Waals surface area contributed by atoms with Crippen molar-refractivity contribution in [3.05, 3.63) is 65.2 Å². The van der Waals surface area contributed by atoms with Crippen molar-refractivity contribution in [3.63, 3.8) is 0 Å². The van der Waals surface area contributed by atoms with Crippen LogP contribution in [0, 0.1) is 0 Å². The summed E-state index contributed by atoms with van der Waals surface area (Å²) in [6.07, 6.45) is 9.93. The molecular weight excluding hydrogens is 446 g/mol. The summed E-state index contributed by atoms with van der Waals surface area (Å²) in [5, 5.41) is 1.05. The van der Waals surface area contributed by atoms with Gasteiger partial charge in [0.05, 0.1) is 6.61 Å². The van der Waals surface area contributed by atoms with Crippen molar-refractivity contribution >= 4 is 56.7 Å². The number of fused-ring (bicyclic) bond motifs is 1. The first kappa shape index (κ1) is 23.3. The highest BCUT2D eigenvalue weighted by molar-refractivity contribution is 8.93. The first-order valence-electron chi connectivity index (χ1n) is 10.1. The molecular formula is C24H29BrNO2S+. The molecule has 0 aliphatic carbocycles. The number of para-hydroxylation sites is 1. The molecule has 0 spiro atoms. The molecule has 0 saturated carbocycles. The lowest BCUT2D eigenvalue weighted by molar-refractivity contribution is -0.657. The molecule has 3 rings (SSSR count). The first-order chi connectivity index (χ1) is 13.8. The van der Waals surface area contributed by atoms with E-state index in [0.717, 1.165) is 28.9 Å². The summed E-state index contributed by atoms with van der Waals surface area (Å²) < 4.78 is 8.71.